The average Bonchev–Trinajstić information content (AvgIpc) is 2.85. The molecule has 1 aromatic heterocycles. The fourth-order valence-corrected chi connectivity index (χ4v) is 3.52. The van der Waals surface area contributed by atoms with E-state index in [1.54, 1.807) is 0 Å². The van der Waals surface area contributed by atoms with Crippen LogP contribution in [-0.4, -0.2) is 15.0 Å². The summed E-state index contributed by atoms with van der Waals surface area (Å²) in [4.78, 5) is 14.4. The lowest BCUT2D eigenvalue weighted by Gasteiger charge is -2.09. The molecule has 0 aliphatic carbocycles. The standard InChI is InChI=1S/C28H21N3/c1-20-15-17-21(18-16-20)24-13-8-14-25(19-24)28-30-26(22-9-4-2-5-10-22)29-27(31-28)23-11-6-3-7-12-23/h2-19H,1H3. The third-order valence-electron chi connectivity index (χ3n) is 5.21. The van der Waals surface area contributed by atoms with Gasteiger partial charge in [-0.25, -0.2) is 15.0 Å². The van der Waals surface area contributed by atoms with Gasteiger partial charge in [0.2, 0.25) is 0 Å². The van der Waals surface area contributed by atoms with Crippen molar-refractivity contribution in [3.8, 4) is 45.3 Å². The van der Waals surface area contributed by atoms with E-state index in [-0.39, 0.29) is 0 Å². The van der Waals surface area contributed by atoms with Gasteiger partial charge in [0.1, 0.15) is 0 Å². The van der Waals surface area contributed by atoms with Crippen molar-refractivity contribution in [3.05, 3.63) is 115 Å². The van der Waals surface area contributed by atoms with E-state index in [1.807, 2.05) is 60.7 Å². The molecule has 0 aliphatic heterocycles. The Labute approximate surface area is 182 Å². The second kappa shape index (κ2) is 8.33. The van der Waals surface area contributed by atoms with Crippen LogP contribution in [0, 0.1) is 6.92 Å². The number of aryl methyl sites for hydroxylation is 1. The topological polar surface area (TPSA) is 38.7 Å². The van der Waals surface area contributed by atoms with Gasteiger partial charge in [0.05, 0.1) is 0 Å². The van der Waals surface area contributed by atoms with Crippen molar-refractivity contribution >= 4 is 0 Å². The van der Waals surface area contributed by atoms with Crippen molar-refractivity contribution in [2.24, 2.45) is 0 Å². The lowest BCUT2D eigenvalue weighted by molar-refractivity contribution is 1.07. The van der Waals surface area contributed by atoms with Gasteiger partial charge in [-0.3, -0.25) is 0 Å². The van der Waals surface area contributed by atoms with E-state index in [1.165, 1.54) is 11.1 Å². The molecule has 0 amide bonds. The molecule has 0 bridgehead atoms. The molecule has 0 N–H and O–H groups in total. The van der Waals surface area contributed by atoms with Crippen LogP contribution >= 0.6 is 0 Å². The molecule has 0 aliphatic rings. The minimum atomic E-state index is 0.668. The van der Waals surface area contributed by atoms with Crippen LogP contribution < -0.4 is 0 Å². The highest BCUT2D eigenvalue weighted by Crippen LogP contribution is 2.28. The predicted octanol–water partition coefficient (Wildman–Crippen LogP) is 6.85. The van der Waals surface area contributed by atoms with E-state index in [0.717, 1.165) is 22.3 Å². The molecule has 5 rings (SSSR count). The normalized spacial score (nSPS) is 10.7. The smallest absolute Gasteiger partial charge is 0.164 e. The van der Waals surface area contributed by atoms with Gasteiger partial charge in [0, 0.05) is 16.7 Å². The molecular formula is C28H21N3. The van der Waals surface area contributed by atoms with Crippen LogP contribution in [0.15, 0.2) is 109 Å². The van der Waals surface area contributed by atoms with E-state index in [2.05, 4.69) is 55.5 Å². The monoisotopic (exact) mass is 399 g/mol. The number of benzene rings is 4. The highest BCUT2D eigenvalue weighted by Gasteiger charge is 2.12. The average molecular weight is 399 g/mol. The first-order valence-electron chi connectivity index (χ1n) is 10.3. The number of nitrogens with zero attached hydrogens (tertiary/aromatic N) is 3. The van der Waals surface area contributed by atoms with E-state index >= 15 is 0 Å². The predicted molar refractivity (Wildman–Crippen MR) is 126 cm³/mol. The second-order valence-corrected chi connectivity index (χ2v) is 7.49. The number of rotatable bonds is 4. The summed E-state index contributed by atoms with van der Waals surface area (Å²) in [6.07, 6.45) is 0. The summed E-state index contributed by atoms with van der Waals surface area (Å²) in [7, 11) is 0. The molecule has 0 spiro atoms. The lowest BCUT2D eigenvalue weighted by atomic mass is 10.0. The van der Waals surface area contributed by atoms with Gasteiger partial charge in [-0.1, -0.05) is 109 Å². The highest BCUT2D eigenvalue weighted by molar-refractivity contribution is 5.72. The zero-order valence-corrected chi connectivity index (χ0v) is 17.2. The van der Waals surface area contributed by atoms with E-state index in [4.69, 9.17) is 15.0 Å². The molecule has 0 atom stereocenters. The Hall–Kier alpha value is -4.11. The third kappa shape index (κ3) is 4.12. The van der Waals surface area contributed by atoms with Crippen molar-refractivity contribution in [2.45, 2.75) is 6.92 Å². The Kier molecular flexibility index (Phi) is 5.07. The maximum absolute atomic E-state index is 4.83. The molecule has 3 heteroatoms. The lowest BCUT2D eigenvalue weighted by Crippen LogP contribution is -2.00. The molecule has 148 valence electrons. The van der Waals surface area contributed by atoms with Gasteiger partial charge < -0.3 is 0 Å². The van der Waals surface area contributed by atoms with Crippen LogP contribution in [0.25, 0.3) is 45.3 Å². The van der Waals surface area contributed by atoms with Gasteiger partial charge in [-0.05, 0) is 24.1 Å². The molecule has 0 saturated heterocycles. The molecule has 0 radical (unpaired) electrons. The summed E-state index contributed by atoms with van der Waals surface area (Å²) in [6, 6.07) is 37.0. The van der Waals surface area contributed by atoms with E-state index in [9.17, 15) is 0 Å². The summed E-state index contributed by atoms with van der Waals surface area (Å²) >= 11 is 0. The summed E-state index contributed by atoms with van der Waals surface area (Å²) < 4.78 is 0. The first kappa shape index (κ1) is 18.9. The molecule has 0 fully saturated rings. The Balaban J connectivity index is 1.65. The van der Waals surface area contributed by atoms with Crippen molar-refractivity contribution in [1.82, 2.24) is 15.0 Å². The first-order valence-corrected chi connectivity index (χ1v) is 10.3. The molecular weight excluding hydrogens is 378 g/mol. The Bertz CT molecular complexity index is 1250. The maximum atomic E-state index is 4.83. The van der Waals surface area contributed by atoms with Gasteiger partial charge >= 0.3 is 0 Å². The van der Waals surface area contributed by atoms with Crippen LogP contribution in [0.1, 0.15) is 5.56 Å². The van der Waals surface area contributed by atoms with Crippen LogP contribution in [-0.2, 0) is 0 Å². The minimum Gasteiger partial charge on any atom is -0.208 e. The van der Waals surface area contributed by atoms with Crippen molar-refractivity contribution in [2.75, 3.05) is 0 Å². The second-order valence-electron chi connectivity index (χ2n) is 7.49. The van der Waals surface area contributed by atoms with E-state index in [0.29, 0.717) is 17.5 Å². The molecule has 31 heavy (non-hydrogen) atoms. The summed E-state index contributed by atoms with van der Waals surface area (Å²) in [6.45, 7) is 2.10. The van der Waals surface area contributed by atoms with Gasteiger partial charge in [-0.15, -0.1) is 0 Å². The molecule has 0 saturated carbocycles. The van der Waals surface area contributed by atoms with Crippen LogP contribution in [0.3, 0.4) is 0 Å². The molecule has 1 heterocycles. The number of hydrogen-bond acceptors (Lipinski definition) is 3. The van der Waals surface area contributed by atoms with Crippen molar-refractivity contribution in [1.29, 1.82) is 0 Å². The van der Waals surface area contributed by atoms with Gasteiger partial charge in [0.25, 0.3) is 0 Å². The molecule has 5 aromatic rings. The van der Waals surface area contributed by atoms with Crippen molar-refractivity contribution in [3.63, 3.8) is 0 Å². The molecule has 0 unspecified atom stereocenters. The van der Waals surface area contributed by atoms with Crippen LogP contribution in [0.5, 0.6) is 0 Å². The van der Waals surface area contributed by atoms with E-state index < -0.39 is 0 Å². The minimum absolute atomic E-state index is 0.668. The zero-order valence-electron chi connectivity index (χ0n) is 17.2. The van der Waals surface area contributed by atoms with Gasteiger partial charge in [-0.2, -0.15) is 0 Å². The van der Waals surface area contributed by atoms with Gasteiger partial charge in [0.15, 0.2) is 17.5 Å². The zero-order chi connectivity index (χ0) is 21.0. The summed E-state index contributed by atoms with van der Waals surface area (Å²) in [5.41, 5.74) is 6.47. The Morgan fingerprint density at radius 2 is 0.839 bits per heavy atom. The maximum Gasteiger partial charge on any atom is 0.164 e. The SMILES string of the molecule is Cc1ccc(-c2cccc(-c3nc(-c4ccccc4)nc(-c4ccccc4)n3)c2)cc1. The fraction of sp³-hybridized carbons (Fsp3) is 0.0357. The van der Waals surface area contributed by atoms with Crippen molar-refractivity contribution < 1.29 is 0 Å². The number of aromatic nitrogens is 3. The third-order valence-corrected chi connectivity index (χ3v) is 5.21. The summed E-state index contributed by atoms with van der Waals surface area (Å²) in [5.74, 6) is 2.01. The number of hydrogen-bond donors (Lipinski definition) is 0. The summed E-state index contributed by atoms with van der Waals surface area (Å²) in [5, 5.41) is 0. The first-order chi connectivity index (χ1) is 15.3. The quantitative estimate of drug-likeness (QED) is 0.332. The largest absolute Gasteiger partial charge is 0.208 e. The van der Waals surface area contributed by atoms with Crippen LogP contribution in [0.2, 0.25) is 0 Å². The fourth-order valence-electron chi connectivity index (χ4n) is 3.52. The highest BCUT2D eigenvalue weighted by atomic mass is 15.0. The Morgan fingerprint density at radius 3 is 1.39 bits per heavy atom. The molecule has 3 nitrogen and oxygen atoms in total. The molecule has 4 aromatic carbocycles. The van der Waals surface area contributed by atoms with Crippen LogP contribution in [0.4, 0.5) is 0 Å². The Morgan fingerprint density at radius 1 is 0.387 bits per heavy atom.